The average Bonchev–Trinajstić information content (AvgIpc) is 2.42. The molecular formula is C14H12N4. The molecule has 1 aromatic rings. The molecule has 4 nitrogen and oxygen atoms in total. The summed E-state index contributed by atoms with van der Waals surface area (Å²) in [5, 5.41) is 8.52. The molecule has 88 valence electrons. The Morgan fingerprint density at radius 3 is 2.44 bits per heavy atom. The van der Waals surface area contributed by atoms with E-state index in [4.69, 9.17) is 18.4 Å². The Morgan fingerprint density at radius 1 is 1.33 bits per heavy atom. The zero-order valence-corrected chi connectivity index (χ0v) is 10.1. The summed E-state index contributed by atoms with van der Waals surface area (Å²) in [5.41, 5.74) is 1.84. The second-order valence-corrected chi connectivity index (χ2v) is 3.65. The average molecular weight is 236 g/mol. The van der Waals surface area contributed by atoms with Gasteiger partial charge in [0.05, 0.1) is 12.5 Å². The standard InChI is InChI=1S/C14H12N4/c1-16-14(17-2)11-12-5-7-13(8-6-12)18(3)10-4-9-15/h5-8,11H,4,10H2,3H3. The number of nitriles is 1. The molecule has 0 aliphatic rings. The van der Waals surface area contributed by atoms with Crippen molar-refractivity contribution in [3.63, 3.8) is 0 Å². The van der Waals surface area contributed by atoms with Crippen LogP contribution in [0.2, 0.25) is 0 Å². The van der Waals surface area contributed by atoms with E-state index in [1.54, 1.807) is 6.08 Å². The highest BCUT2D eigenvalue weighted by Crippen LogP contribution is 2.16. The van der Waals surface area contributed by atoms with Crippen molar-refractivity contribution in [1.29, 1.82) is 5.26 Å². The number of rotatable bonds is 4. The third kappa shape index (κ3) is 3.67. The monoisotopic (exact) mass is 236 g/mol. The molecule has 0 aliphatic carbocycles. The molecule has 18 heavy (non-hydrogen) atoms. The highest BCUT2D eigenvalue weighted by molar-refractivity contribution is 5.59. The van der Waals surface area contributed by atoms with Gasteiger partial charge in [0.2, 0.25) is 0 Å². The summed E-state index contributed by atoms with van der Waals surface area (Å²) in [7, 11) is 1.92. The third-order valence-corrected chi connectivity index (χ3v) is 2.42. The molecule has 0 fully saturated rings. The Kier molecular flexibility index (Phi) is 4.98. The van der Waals surface area contributed by atoms with Crippen LogP contribution in [0, 0.1) is 24.5 Å². The second kappa shape index (κ2) is 6.74. The van der Waals surface area contributed by atoms with Gasteiger partial charge < -0.3 is 4.90 Å². The summed E-state index contributed by atoms with van der Waals surface area (Å²) in [6.07, 6.45) is 2.04. The Hall–Kier alpha value is -2.77. The number of hydrogen-bond donors (Lipinski definition) is 0. The molecule has 0 radical (unpaired) electrons. The summed E-state index contributed by atoms with van der Waals surface area (Å²) in [6.45, 7) is 14.3. The van der Waals surface area contributed by atoms with Crippen molar-refractivity contribution in [2.45, 2.75) is 6.42 Å². The molecule has 1 rings (SSSR count). The van der Waals surface area contributed by atoms with Crippen LogP contribution in [-0.2, 0) is 0 Å². The normalized spacial score (nSPS) is 8.56. The first kappa shape index (κ1) is 13.3. The van der Waals surface area contributed by atoms with Crippen LogP contribution in [0.25, 0.3) is 15.8 Å². The van der Waals surface area contributed by atoms with E-state index in [0.717, 1.165) is 11.3 Å². The molecule has 0 saturated carbocycles. The molecule has 0 aliphatic heterocycles. The first-order chi connectivity index (χ1) is 8.71. The van der Waals surface area contributed by atoms with E-state index in [9.17, 15) is 0 Å². The highest BCUT2D eigenvalue weighted by Gasteiger charge is 2.03. The Balaban J connectivity index is 2.82. The minimum atomic E-state index is 0.0561. The zero-order chi connectivity index (χ0) is 13.4. The number of anilines is 1. The number of benzene rings is 1. The Labute approximate surface area is 107 Å². The molecule has 0 bridgehead atoms. The zero-order valence-electron chi connectivity index (χ0n) is 10.1. The topological polar surface area (TPSA) is 35.8 Å². The predicted molar refractivity (Wildman–Crippen MR) is 71.1 cm³/mol. The van der Waals surface area contributed by atoms with Gasteiger partial charge in [-0.15, -0.1) is 0 Å². The SMILES string of the molecule is [C-]#[N+]C(=Cc1ccc(N(C)CCC#N)cc1)[N+]#[C-]. The fraction of sp³-hybridized carbons (Fsp3) is 0.214. The van der Waals surface area contributed by atoms with Crippen LogP contribution >= 0.6 is 0 Å². The van der Waals surface area contributed by atoms with Gasteiger partial charge in [-0.1, -0.05) is 12.1 Å². The van der Waals surface area contributed by atoms with E-state index in [-0.39, 0.29) is 5.82 Å². The Bertz CT molecular complexity index is 533. The molecule has 0 amide bonds. The van der Waals surface area contributed by atoms with Gasteiger partial charge in [-0.3, -0.25) is 0 Å². The van der Waals surface area contributed by atoms with Crippen molar-refractivity contribution in [1.82, 2.24) is 0 Å². The van der Waals surface area contributed by atoms with Crippen LogP contribution in [0.4, 0.5) is 5.69 Å². The van der Waals surface area contributed by atoms with Crippen LogP contribution in [0.3, 0.4) is 0 Å². The smallest absolute Gasteiger partial charge is 0.374 e. The maximum atomic E-state index is 8.52. The van der Waals surface area contributed by atoms with Crippen molar-refractivity contribution in [2.24, 2.45) is 0 Å². The van der Waals surface area contributed by atoms with Crippen molar-refractivity contribution in [3.05, 3.63) is 58.5 Å². The molecule has 0 N–H and O–H groups in total. The molecule has 0 saturated heterocycles. The van der Waals surface area contributed by atoms with Gasteiger partial charge in [-0.2, -0.15) is 15.0 Å². The van der Waals surface area contributed by atoms with Crippen LogP contribution < -0.4 is 4.90 Å². The van der Waals surface area contributed by atoms with Crippen molar-refractivity contribution < 1.29 is 0 Å². The first-order valence-corrected chi connectivity index (χ1v) is 5.36. The maximum absolute atomic E-state index is 8.52. The van der Waals surface area contributed by atoms with Gasteiger partial charge in [-0.25, -0.2) is 0 Å². The lowest BCUT2D eigenvalue weighted by atomic mass is 10.2. The lowest BCUT2D eigenvalue weighted by molar-refractivity contribution is 0.905. The largest absolute Gasteiger partial charge is 0.519 e. The van der Waals surface area contributed by atoms with E-state index < -0.39 is 0 Å². The van der Waals surface area contributed by atoms with Gasteiger partial charge in [-0.05, 0) is 17.7 Å². The minimum Gasteiger partial charge on any atom is -0.374 e. The quantitative estimate of drug-likeness (QED) is 0.753. The van der Waals surface area contributed by atoms with Crippen molar-refractivity contribution in [2.75, 3.05) is 18.5 Å². The molecular weight excluding hydrogens is 224 g/mol. The lowest BCUT2D eigenvalue weighted by Crippen LogP contribution is -2.17. The molecule has 0 atom stereocenters. The summed E-state index contributed by atoms with van der Waals surface area (Å²) >= 11 is 0. The summed E-state index contributed by atoms with van der Waals surface area (Å²) in [4.78, 5) is 8.21. The summed E-state index contributed by atoms with van der Waals surface area (Å²) in [5.74, 6) is 0.0561. The molecule has 4 heteroatoms. The van der Waals surface area contributed by atoms with Gasteiger partial charge in [0.15, 0.2) is 0 Å². The maximum Gasteiger partial charge on any atom is 0.519 e. The molecule has 0 heterocycles. The van der Waals surface area contributed by atoms with E-state index >= 15 is 0 Å². The fourth-order valence-corrected chi connectivity index (χ4v) is 1.41. The van der Waals surface area contributed by atoms with E-state index in [0.29, 0.717) is 13.0 Å². The van der Waals surface area contributed by atoms with Crippen molar-refractivity contribution >= 4 is 11.8 Å². The van der Waals surface area contributed by atoms with Gasteiger partial charge >= 0.3 is 5.82 Å². The second-order valence-electron chi connectivity index (χ2n) is 3.65. The minimum absolute atomic E-state index is 0.0561. The number of hydrogen-bond acceptors (Lipinski definition) is 2. The fourth-order valence-electron chi connectivity index (χ4n) is 1.41. The van der Waals surface area contributed by atoms with Crippen LogP contribution in [0.1, 0.15) is 12.0 Å². The Morgan fingerprint density at radius 2 is 1.94 bits per heavy atom. The van der Waals surface area contributed by atoms with E-state index in [1.807, 2.05) is 36.2 Å². The molecule has 0 aromatic heterocycles. The van der Waals surface area contributed by atoms with Gasteiger partial charge in [0.25, 0.3) is 0 Å². The highest BCUT2D eigenvalue weighted by atomic mass is 15.1. The van der Waals surface area contributed by atoms with Gasteiger partial charge in [0, 0.05) is 25.4 Å². The van der Waals surface area contributed by atoms with Gasteiger partial charge in [0.1, 0.15) is 13.1 Å². The first-order valence-electron chi connectivity index (χ1n) is 5.36. The summed E-state index contributed by atoms with van der Waals surface area (Å²) in [6, 6.07) is 9.64. The lowest BCUT2D eigenvalue weighted by Gasteiger charge is -2.17. The van der Waals surface area contributed by atoms with Crippen LogP contribution in [-0.4, -0.2) is 13.6 Å². The molecule has 0 unspecified atom stereocenters. The van der Waals surface area contributed by atoms with Crippen LogP contribution in [0.15, 0.2) is 30.1 Å². The van der Waals surface area contributed by atoms with Crippen molar-refractivity contribution in [3.8, 4) is 6.07 Å². The molecule has 0 spiro atoms. The van der Waals surface area contributed by atoms with Crippen LogP contribution in [0.5, 0.6) is 0 Å². The molecule has 1 aromatic carbocycles. The number of nitrogens with zero attached hydrogens (tertiary/aromatic N) is 4. The third-order valence-electron chi connectivity index (χ3n) is 2.42. The van der Waals surface area contributed by atoms with E-state index in [1.165, 1.54) is 0 Å². The predicted octanol–water partition coefficient (Wildman–Crippen LogP) is 3.17. The summed E-state index contributed by atoms with van der Waals surface area (Å²) < 4.78 is 0. The van der Waals surface area contributed by atoms with E-state index in [2.05, 4.69) is 15.8 Å².